The van der Waals surface area contributed by atoms with Crippen LogP contribution in [0.5, 0.6) is 11.5 Å². The second kappa shape index (κ2) is 9.57. The highest BCUT2D eigenvalue weighted by Crippen LogP contribution is 2.38. The van der Waals surface area contributed by atoms with Crippen molar-refractivity contribution in [2.24, 2.45) is 17.8 Å². The van der Waals surface area contributed by atoms with Gasteiger partial charge in [0.2, 0.25) is 17.7 Å². The molecule has 4 rings (SSSR count). The Morgan fingerprint density at radius 3 is 2.45 bits per heavy atom. The van der Waals surface area contributed by atoms with Gasteiger partial charge in [-0.3, -0.25) is 19.3 Å². The number of hydrogen-bond donors (Lipinski definition) is 1. The molecular weight excluding hydrogens is 420 g/mol. The van der Waals surface area contributed by atoms with E-state index in [0.717, 1.165) is 29.0 Å². The first kappa shape index (κ1) is 23.3. The largest absolute Gasteiger partial charge is 0.494 e. The first-order valence-corrected chi connectivity index (χ1v) is 12.0. The molecule has 7 heteroatoms. The van der Waals surface area contributed by atoms with Gasteiger partial charge in [-0.25, -0.2) is 0 Å². The van der Waals surface area contributed by atoms with Gasteiger partial charge < -0.3 is 14.8 Å². The average Bonchev–Trinajstić information content (AvgIpc) is 3.26. The summed E-state index contributed by atoms with van der Waals surface area (Å²) in [6.07, 6.45) is 6.41. The van der Waals surface area contributed by atoms with Gasteiger partial charge in [0.1, 0.15) is 23.6 Å². The first-order valence-electron chi connectivity index (χ1n) is 12.0. The van der Waals surface area contributed by atoms with Crippen LogP contribution in [0.4, 0.5) is 0 Å². The number of carbonyl (C=O) groups excluding carboxylic acids is 3. The number of hydrogen-bond acceptors (Lipinski definition) is 5. The van der Waals surface area contributed by atoms with Gasteiger partial charge >= 0.3 is 0 Å². The number of allylic oxidation sites excluding steroid dienone is 2. The minimum atomic E-state index is -0.808. The Labute approximate surface area is 195 Å². The SMILES string of the molecule is CCOc1cc2c(cc1CNC(=O)C(CC(C)C)N1C(=O)C3CC=CCC3C1=O)OC(C)C2. The summed E-state index contributed by atoms with van der Waals surface area (Å²) in [6.45, 7) is 8.68. The number of fused-ring (bicyclic) bond motifs is 2. The van der Waals surface area contributed by atoms with Gasteiger partial charge in [0, 0.05) is 24.1 Å². The molecule has 1 fully saturated rings. The highest BCUT2D eigenvalue weighted by molar-refractivity contribution is 6.08. The van der Waals surface area contributed by atoms with Crippen molar-refractivity contribution < 1.29 is 23.9 Å². The van der Waals surface area contributed by atoms with E-state index in [1.54, 1.807) is 0 Å². The molecular formula is C26H34N2O5. The molecule has 1 aromatic carbocycles. The molecule has 0 aromatic heterocycles. The highest BCUT2D eigenvalue weighted by Gasteiger charge is 2.51. The topological polar surface area (TPSA) is 84.9 Å². The lowest BCUT2D eigenvalue weighted by molar-refractivity contribution is -0.148. The predicted octanol–water partition coefficient (Wildman–Crippen LogP) is 3.39. The smallest absolute Gasteiger partial charge is 0.243 e. The van der Waals surface area contributed by atoms with E-state index < -0.39 is 6.04 Å². The Bertz CT molecular complexity index is 944. The Kier molecular flexibility index (Phi) is 6.77. The van der Waals surface area contributed by atoms with Crippen molar-refractivity contribution in [2.45, 2.75) is 72.1 Å². The van der Waals surface area contributed by atoms with Gasteiger partial charge in [0.05, 0.1) is 18.4 Å². The number of imide groups is 1. The van der Waals surface area contributed by atoms with Crippen LogP contribution >= 0.6 is 0 Å². The molecule has 1 aliphatic carbocycles. The molecule has 4 unspecified atom stereocenters. The first-order chi connectivity index (χ1) is 15.8. The van der Waals surface area contributed by atoms with Crippen molar-refractivity contribution in [1.29, 1.82) is 0 Å². The number of nitrogens with one attached hydrogen (secondary N) is 1. The van der Waals surface area contributed by atoms with E-state index in [9.17, 15) is 14.4 Å². The lowest BCUT2D eigenvalue weighted by atomic mass is 9.85. The standard InChI is InChI=1S/C26H34N2O5/c1-5-32-22-12-17-11-16(4)33-23(17)13-18(22)14-27-24(29)21(10-15(2)3)28-25(30)19-8-6-7-9-20(19)26(28)31/h6-7,12-13,15-16,19-21H,5,8-11,14H2,1-4H3,(H,27,29). The molecule has 0 radical (unpaired) electrons. The number of benzene rings is 1. The number of ether oxygens (including phenoxy) is 2. The molecule has 3 aliphatic rings. The summed E-state index contributed by atoms with van der Waals surface area (Å²) in [5, 5.41) is 2.97. The van der Waals surface area contributed by atoms with Crippen molar-refractivity contribution in [3.05, 3.63) is 35.4 Å². The predicted molar refractivity (Wildman–Crippen MR) is 124 cm³/mol. The number of likely N-dealkylation sites (tertiary alicyclic amines) is 1. The van der Waals surface area contributed by atoms with Crippen LogP contribution in [0.2, 0.25) is 0 Å². The fourth-order valence-corrected chi connectivity index (χ4v) is 5.12. The van der Waals surface area contributed by atoms with E-state index in [-0.39, 0.29) is 48.1 Å². The summed E-state index contributed by atoms with van der Waals surface area (Å²) >= 11 is 0. The molecule has 33 heavy (non-hydrogen) atoms. The fraction of sp³-hybridized carbons (Fsp3) is 0.577. The summed E-state index contributed by atoms with van der Waals surface area (Å²) < 4.78 is 11.7. The van der Waals surface area contributed by atoms with Crippen molar-refractivity contribution in [1.82, 2.24) is 10.2 Å². The third kappa shape index (κ3) is 4.63. The van der Waals surface area contributed by atoms with Crippen LogP contribution in [0.3, 0.4) is 0 Å². The van der Waals surface area contributed by atoms with E-state index in [1.807, 2.05) is 52.0 Å². The number of nitrogens with zero attached hydrogens (tertiary/aromatic N) is 1. The van der Waals surface area contributed by atoms with Crippen LogP contribution in [0.15, 0.2) is 24.3 Å². The minimum Gasteiger partial charge on any atom is -0.494 e. The zero-order chi connectivity index (χ0) is 23.7. The third-order valence-corrected chi connectivity index (χ3v) is 6.68. The van der Waals surface area contributed by atoms with Crippen LogP contribution in [0.25, 0.3) is 0 Å². The Morgan fingerprint density at radius 2 is 1.85 bits per heavy atom. The van der Waals surface area contributed by atoms with Crippen molar-refractivity contribution in [2.75, 3.05) is 6.61 Å². The molecule has 4 atom stereocenters. The summed E-state index contributed by atoms with van der Waals surface area (Å²) in [7, 11) is 0. The van der Waals surface area contributed by atoms with Gasteiger partial charge in [0.25, 0.3) is 0 Å². The lowest BCUT2D eigenvalue weighted by Gasteiger charge is -2.27. The van der Waals surface area contributed by atoms with Crippen LogP contribution < -0.4 is 14.8 Å². The second-order valence-corrected chi connectivity index (χ2v) is 9.70. The molecule has 2 aliphatic heterocycles. The number of amides is 3. The maximum atomic E-state index is 13.3. The molecule has 3 amide bonds. The van der Waals surface area contributed by atoms with Gasteiger partial charge in [-0.05, 0) is 51.2 Å². The van der Waals surface area contributed by atoms with Crippen LogP contribution in [0.1, 0.15) is 58.1 Å². The van der Waals surface area contributed by atoms with Gasteiger partial charge in [-0.1, -0.05) is 26.0 Å². The van der Waals surface area contributed by atoms with Gasteiger partial charge in [-0.2, -0.15) is 0 Å². The molecule has 7 nitrogen and oxygen atoms in total. The summed E-state index contributed by atoms with van der Waals surface area (Å²) in [6, 6.07) is 3.10. The van der Waals surface area contributed by atoms with E-state index >= 15 is 0 Å². The zero-order valence-electron chi connectivity index (χ0n) is 19.9. The van der Waals surface area contributed by atoms with Crippen LogP contribution in [-0.4, -0.2) is 41.4 Å². The molecule has 0 saturated carbocycles. The van der Waals surface area contributed by atoms with Gasteiger partial charge in [0.15, 0.2) is 0 Å². The summed E-state index contributed by atoms with van der Waals surface area (Å²) in [5.41, 5.74) is 1.92. The van der Waals surface area contributed by atoms with E-state index in [4.69, 9.17) is 9.47 Å². The molecule has 1 aromatic rings. The minimum absolute atomic E-state index is 0.111. The molecule has 178 valence electrons. The van der Waals surface area contributed by atoms with Crippen molar-refractivity contribution >= 4 is 17.7 Å². The number of rotatable bonds is 8. The quantitative estimate of drug-likeness (QED) is 0.481. The van der Waals surface area contributed by atoms with Crippen LogP contribution in [0, 0.1) is 17.8 Å². The average molecular weight is 455 g/mol. The fourth-order valence-electron chi connectivity index (χ4n) is 5.12. The second-order valence-electron chi connectivity index (χ2n) is 9.70. The molecule has 1 N–H and O–H groups in total. The Hall–Kier alpha value is -2.83. The summed E-state index contributed by atoms with van der Waals surface area (Å²) in [5.74, 6) is 0.256. The zero-order valence-corrected chi connectivity index (χ0v) is 19.9. The van der Waals surface area contributed by atoms with Crippen molar-refractivity contribution in [3.8, 4) is 11.5 Å². The molecule has 0 spiro atoms. The normalized spacial score (nSPS) is 24.5. The lowest BCUT2D eigenvalue weighted by Crippen LogP contribution is -2.50. The summed E-state index contributed by atoms with van der Waals surface area (Å²) in [4.78, 5) is 40.8. The Balaban J connectivity index is 1.53. The Morgan fingerprint density at radius 1 is 1.18 bits per heavy atom. The van der Waals surface area contributed by atoms with Gasteiger partial charge in [-0.15, -0.1) is 0 Å². The number of carbonyl (C=O) groups is 3. The molecule has 1 saturated heterocycles. The van der Waals surface area contributed by atoms with E-state index in [2.05, 4.69) is 5.32 Å². The maximum Gasteiger partial charge on any atom is 0.243 e. The highest BCUT2D eigenvalue weighted by atomic mass is 16.5. The third-order valence-electron chi connectivity index (χ3n) is 6.68. The van der Waals surface area contributed by atoms with E-state index in [1.165, 1.54) is 4.90 Å². The molecule has 0 bridgehead atoms. The molecule has 2 heterocycles. The van der Waals surface area contributed by atoms with Crippen molar-refractivity contribution in [3.63, 3.8) is 0 Å². The monoisotopic (exact) mass is 454 g/mol. The van der Waals surface area contributed by atoms with Crippen LogP contribution in [-0.2, 0) is 27.3 Å². The maximum absolute atomic E-state index is 13.3. The van der Waals surface area contributed by atoms with E-state index in [0.29, 0.717) is 25.9 Å².